The molecule has 0 aliphatic rings. The van der Waals surface area contributed by atoms with Gasteiger partial charge in [-0.15, -0.1) is 0 Å². The summed E-state index contributed by atoms with van der Waals surface area (Å²) in [5, 5.41) is 4.31. The predicted octanol–water partition coefficient (Wildman–Crippen LogP) is 2.42. The number of benzene rings is 1. The largest absolute Gasteiger partial charge is 0.268 e. The summed E-state index contributed by atoms with van der Waals surface area (Å²) in [5.74, 6) is -0.502. The highest BCUT2D eigenvalue weighted by Gasteiger charge is 2.16. The molecule has 1 heterocycles. The maximum atomic E-state index is 12.8. The molecule has 2 rings (SSSR count). The van der Waals surface area contributed by atoms with E-state index >= 15 is 0 Å². The Kier molecular flexibility index (Phi) is 3.94. The Hall–Kier alpha value is -1.69. The Balaban J connectivity index is 2.17. The van der Waals surface area contributed by atoms with Crippen LogP contribution in [-0.4, -0.2) is 24.0 Å². The highest BCUT2D eigenvalue weighted by Crippen LogP contribution is 2.14. The van der Waals surface area contributed by atoms with Crippen LogP contribution in [0.1, 0.15) is 17.0 Å². The molecule has 0 amide bonds. The molecule has 1 aromatic carbocycles. The Labute approximate surface area is 118 Å². The van der Waals surface area contributed by atoms with Crippen molar-refractivity contribution in [2.24, 2.45) is 0 Å². The average molecular weight is 296 g/mol. The van der Waals surface area contributed by atoms with Crippen LogP contribution in [-0.2, 0) is 16.4 Å². The molecule has 108 valence electrons. The number of aryl methyl sites for hydroxylation is 2. The van der Waals surface area contributed by atoms with Gasteiger partial charge in [0, 0.05) is 5.69 Å². The lowest BCUT2D eigenvalue weighted by atomic mass is 10.2. The molecule has 6 heteroatoms. The molecule has 0 unspecified atom stereocenters. The number of hydrogen-bond donors (Lipinski definition) is 0. The van der Waals surface area contributed by atoms with Gasteiger partial charge in [-0.25, -0.2) is 12.8 Å². The van der Waals surface area contributed by atoms with Crippen LogP contribution >= 0.6 is 0 Å². The third-order valence-corrected chi connectivity index (χ3v) is 5.20. The maximum absolute atomic E-state index is 12.8. The number of aromatic nitrogens is 2. The van der Waals surface area contributed by atoms with E-state index < -0.39 is 15.7 Å². The summed E-state index contributed by atoms with van der Waals surface area (Å²) in [7, 11) is -3.42. The molecule has 0 saturated carbocycles. The van der Waals surface area contributed by atoms with E-state index in [0.717, 1.165) is 29.1 Å². The van der Waals surface area contributed by atoms with Gasteiger partial charge in [-0.1, -0.05) is 0 Å². The Morgan fingerprint density at radius 3 is 2.25 bits per heavy atom. The van der Waals surface area contributed by atoms with Gasteiger partial charge in [-0.2, -0.15) is 5.10 Å². The van der Waals surface area contributed by atoms with E-state index in [1.165, 1.54) is 12.1 Å². The fraction of sp³-hybridized carbons (Fsp3) is 0.357. The molecule has 0 bridgehead atoms. The van der Waals surface area contributed by atoms with E-state index in [1.54, 1.807) is 4.68 Å². The molecule has 1 aromatic heterocycles. The molecular weight excluding hydrogens is 279 g/mol. The van der Waals surface area contributed by atoms with Crippen LogP contribution in [0.4, 0.5) is 4.39 Å². The first-order chi connectivity index (χ1) is 9.31. The second kappa shape index (κ2) is 5.36. The van der Waals surface area contributed by atoms with Crippen LogP contribution in [0.5, 0.6) is 0 Å². The van der Waals surface area contributed by atoms with Crippen molar-refractivity contribution in [1.29, 1.82) is 0 Å². The minimum Gasteiger partial charge on any atom is -0.268 e. The molecule has 0 saturated heterocycles. The van der Waals surface area contributed by atoms with Crippen molar-refractivity contribution < 1.29 is 12.8 Å². The van der Waals surface area contributed by atoms with Crippen molar-refractivity contribution in [2.45, 2.75) is 32.2 Å². The van der Waals surface area contributed by atoms with Crippen LogP contribution in [0.15, 0.2) is 29.2 Å². The van der Waals surface area contributed by atoms with Gasteiger partial charge in [0.2, 0.25) is 0 Å². The second-order valence-electron chi connectivity index (χ2n) is 4.79. The zero-order valence-corrected chi connectivity index (χ0v) is 12.5. The molecular formula is C14H17FN2O2S. The van der Waals surface area contributed by atoms with Crippen molar-refractivity contribution in [1.82, 2.24) is 9.78 Å². The van der Waals surface area contributed by atoms with E-state index in [1.807, 2.05) is 20.8 Å². The van der Waals surface area contributed by atoms with E-state index in [2.05, 4.69) is 5.10 Å². The fourth-order valence-electron chi connectivity index (χ4n) is 1.97. The van der Waals surface area contributed by atoms with Crippen molar-refractivity contribution in [3.05, 3.63) is 47.0 Å². The van der Waals surface area contributed by atoms with Gasteiger partial charge in [0.1, 0.15) is 5.82 Å². The van der Waals surface area contributed by atoms with Crippen molar-refractivity contribution in [3.8, 4) is 0 Å². The molecule has 4 nitrogen and oxygen atoms in total. The summed E-state index contributed by atoms with van der Waals surface area (Å²) in [4.78, 5) is 0.136. The Morgan fingerprint density at radius 2 is 1.75 bits per heavy atom. The molecule has 0 N–H and O–H groups in total. The van der Waals surface area contributed by atoms with Crippen molar-refractivity contribution >= 4 is 9.84 Å². The highest BCUT2D eigenvalue weighted by atomic mass is 32.2. The number of halogens is 1. The molecule has 0 aliphatic heterocycles. The third kappa shape index (κ3) is 2.90. The zero-order valence-electron chi connectivity index (χ0n) is 11.7. The summed E-state index contributed by atoms with van der Waals surface area (Å²) in [6, 6.07) is 4.88. The highest BCUT2D eigenvalue weighted by molar-refractivity contribution is 7.91. The zero-order chi connectivity index (χ0) is 14.9. The van der Waals surface area contributed by atoms with Crippen LogP contribution in [0.25, 0.3) is 0 Å². The molecule has 2 aromatic rings. The van der Waals surface area contributed by atoms with Gasteiger partial charge in [-0.05, 0) is 50.6 Å². The summed E-state index contributed by atoms with van der Waals surface area (Å²) < 4.78 is 38.8. The van der Waals surface area contributed by atoms with Gasteiger partial charge in [0.25, 0.3) is 0 Å². The lowest BCUT2D eigenvalue weighted by molar-refractivity contribution is 0.575. The minimum atomic E-state index is -3.42. The number of nitrogens with zero attached hydrogens (tertiary/aromatic N) is 2. The molecule has 0 atom stereocenters. The van der Waals surface area contributed by atoms with Crippen LogP contribution in [0, 0.1) is 26.6 Å². The topological polar surface area (TPSA) is 52.0 Å². The maximum Gasteiger partial charge on any atom is 0.180 e. The minimum absolute atomic E-state index is 0.0555. The fourth-order valence-corrected chi connectivity index (χ4v) is 3.17. The first-order valence-electron chi connectivity index (χ1n) is 6.30. The van der Waals surface area contributed by atoms with Gasteiger partial charge < -0.3 is 0 Å². The van der Waals surface area contributed by atoms with Gasteiger partial charge in [-0.3, -0.25) is 4.68 Å². The SMILES string of the molecule is Cc1nn(CCS(=O)(=O)c2ccc(F)cc2)c(C)c1C. The van der Waals surface area contributed by atoms with Crippen LogP contribution in [0.3, 0.4) is 0 Å². The number of sulfone groups is 1. The number of rotatable bonds is 4. The number of hydrogen-bond acceptors (Lipinski definition) is 3. The van der Waals surface area contributed by atoms with Gasteiger partial charge >= 0.3 is 0 Å². The summed E-state index contributed by atoms with van der Waals surface area (Å²) in [5.41, 5.74) is 2.95. The Bertz CT molecular complexity index is 718. The quantitative estimate of drug-likeness (QED) is 0.814. The molecule has 0 spiro atoms. The monoisotopic (exact) mass is 296 g/mol. The molecule has 0 fully saturated rings. The summed E-state index contributed by atoms with van der Waals surface area (Å²) >= 11 is 0. The third-order valence-electron chi connectivity index (χ3n) is 3.49. The average Bonchev–Trinajstić information content (AvgIpc) is 2.64. The van der Waals surface area contributed by atoms with Gasteiger partial charge in [0.15, 0.2) is 9.84 Å². The normalized spacial score (nSPS) is 11.8. The smallest absolute Gasteiger partial charge is 0.180 e. The van der Waals surface area contributed by atoms with E-state index in [9.17, 15) is 12.8 Å². The van der Waals surface area contributed by atoms with Crippen molar-refractivity contribution in [2.75, 3.05) is 5.75 Å². The lowest BCUT2D eigenvalue weighted by Gasteiger charge is -2.06. The lowest BCUT2D eigenvalue weighted by Crippen LogP contribution is -2.15. The summed E-state index contributed by atoms with van der Waals surface area (Å²) in [6.45, 7) is 6.07. The van der Waals surface area contributed by atoms with Crippen LogP contribution < -0.4 is 0 Å². The summed E-state index contributed by atoms with van der Waals surface area (Å²) in [6.07, 6.45) is 0. The van der Waals surface area contributed by atoms with E-state index in [-0.39, 0.29) is 10.6 Å². The Morgan fingerprint density at radius 1 is 1.15 bits per heavy atom. The van der Waals surface area contributed by atoms with E-state index in [0.29, 0.717) is 6.54 Å². The first-order valence-corrected chi connectivity index (χ1v) is 7.95. The molecule has 20 heavy (non-hydrogen) atoms. The van der Waals surface area contributed by atoms with Crippen molar-refractivity contribution in [3.63, 3.8) is 0 Å². The van der Waals surface area contributed by atoms with E-state index in [4.69, 9.17) is 0 Å². The standard InChI is InChI=1S/C14H17FN2O2S/c1-10-11(2)16-17(12(10)3)8-9-20(18,19)14-6-4-13(15)5-7-14/h4-7H,8-9H2,1-3H3. The van der Waals surface area contributed by atoms with Crippen LogP contribution in [0.2, 0.25) is 0 Å². The second-order valence-corrected chi connectivity index (χ2v) is 6.90. The van der Waals surface area contributed by atoms with Gasteiger partial charge in [0.05, 0.1) is 22.9 Å². The predicted molar refractivity (Wildman–Crippen MR) is 74.9 cm³/mol. The molecule has 0 aliphatic carbocycles. The first kappa shape index (κ1) is 14.7. The molecule has 0 radical (unpaired) electrons.